The standard InChI is InChI=1S/C18H18N4O4/c1-20-14(12-13(19-20)15-4-2-10-25-15)17(23)21-6-8-22(9-7-21)18(24)16-5-3-11-26-16/h2-5,10-12H,6-9H2,1H3. The lowest BCUT2D eigenvalue weighted by Crippen LogP contribution is -2.50. The Morgan fingerprint density at radius 1 is 0.962 bits per heavy atom. The third kappa shape index (κ3) is 2.90. The number of furan rings is 2. The molecule has 1 aliphatic rings. The summed E-state index contributed by atoms with van der Waals surface area (Å²) in [5, 5.41) is 4.34. The van der Waals surface area contributed by atoms with Crippen molar-refractivity contribution in [1.82, 2.24) is 19.6 Å². The predicted molar refractivity (Wildman–Crippen MR) is 91.4 cm³/mol. The zero-order chi connectivity index (χ0) is 18.1. The maximum atomic E-state index is 12.8. The predicted octanol–water partition coefficient (Wildman–Crippen LogP) is 1.87. The van der Waals surface area contributed by atoms with E-state index in [0.29, 0.717) is 49.1 Å². The van der Waals surface area contributed by atoms with Crippen molar-refractivity contribution in [2.24, 2.45) is 7.05 Å². The molecule has 4 heterocycles. The molecular weight excluding hydrogens is 336 g/mol. The third-order valence-corrected chi connectivity index (χ3v) is 4.46. The molecule has 0 aromatic carbocycles. The number of carbonyl (C=O) groups excluding carboxylic acids is 2. The van der Waals surface area contributed by atoms with E-state index < -0.39 is 0 Å². The van der Waals surface area contributed by atoms with Gasteiger partial charge in [0, 0.05) is 39.3 Å². The van der Waals surface area contributed by atoms with Crippen LogP contribution in [0.2, 0.25) is 0 Å². The molecule has 0 bridgehead atoms. The van der Waals surface area contributed by atoms with Crippen molar-refractivity contribution in [2.75, 3.05) is 26.2 Å². The minimum absolute atomic E-state index is 0.108. The number of hydrogen-bond acceptors (Lipinski definition) is 5. The Balaban J connectivity index is 1.43. The van der Waals surface area contributed by atoms with Gasteiger partial charge in [0.15, 0.2) is 11.5 Å². The maximum Gasteiger partial charge on any atom is 0.289 e. The zero-order valence-electron chi connectivity index (χ0n) is 14.3. The summed E-state index contributed by atoms with van der Waals surface area (Å²) in [6.45, 7) is 1.86. The van der Waals surface area contributed by atoms with Crippen LogP contribution in [0.5, 0.6) is 0 Å². The average Bonchev–Trinajstić information content (AvgIpc) is 3.41. The SMILES string of the molecule is Cn1nc(-c2ccco2)cc1C(=O)N1CCN(C(=O)c2ccco2)CC1. The van der Waals surface area contributed by atoms with Crippen LogP contribution in [0.25, 0.3) is 11.5 Å². The summed E-state index contributed by atoms with van der Waals surface area (Å²) in [4.78, 5) is 28.5. The van der Waals surface area contributed by atoms with Gasteiger partial charge >= 0.3 is 0 Å². The highest BCUT2D eigenvalue weighted by Gasteiger charge is 2.28. The average molecular weight is 354 g/mol. The second kappa shape index (κ2) is 6.55. The fraction of sp³-hybridized carbons (Fsp3) is 0.278. The molecule has 0 aliphatic carbocycles. The molecule has 1 saturated heterocycles. The molecular formula is C18H18N4O4. The van der Waals surface area contributed by atoms with Crippen LogP contribution in [0.1, 0.15) is 21.0 Å². The summed E-state index contributed by atoms with van der Waals surface area (Å²) in [5.74, 6) is 0.679. The van der Waals surface area contributed by atoms with Crippen molar-refractivity contribution in [2.45, 2.75) is 0 Å². The van der Waals surface area contributed by atoms with Gasteiger partial charge in [-0.2, -0.15) is 5.10 Å². The van der Waals surface area contributed by atoms with Gasteiger partial charge in [0.2, 0.25) is 0 Å². The molecule has 0 spiro atoms. The summed E-state index contributed by atoms with van der Waals surface area (Å²) >= 11 is 0. The topological polar surface area (TPSA) is 84.7 Å². The Morgan fingerprint density at radius 2 is 1.62 bits per heavy atom. The second-order valence-corrected chi connectivity index (χ2v) is 6.08. The molecule has 2 amide bonds. The van der Waals surface area contributed by atoms with Gasteiger partial charge < -0.3 is 18.6 Å². The fourth-order valence-electron chi connectivity index (χ4n) is 3.04. The normalized spacial score (nSPS) is 14.7. The summed E-state index contributed by atoms with van der Waals surface area (Å²) in [7, 11) is 1.73. The van der Waals surface area contributed by atoms with Crippen molar-refractivity contribution < 1.29 is 18.4 Å². The van der Waals surface area contributed by atoms with Crippen LogP contribution in [0, 0.1) is 0 Å². The Morgan fingerprint density at radius 3 is 2.23 bits per heavy atom. The molecule has 0 saturated carbocycles. The number of nitrogens with zero attached hydrogens (tertiary/aromatic N) is 4. The molecule has 8 heteroatoms. The number of hydrogen-bond donors (Lipinski definition) is 0. The van der Waals surface area contributed by atoms with Crippen LogP contribution in [-0.4, -0.2) is 57.6 Å². The smallest absolute Gasteiger partial charge is 0.289 e. The highest BCUT2D eigenvalue weighted by atomic mass is 16.3. The first-order valence-electron chi connectivity index (χ1n) is 8.33. The number of amides is 2. The zero-order valence-corrected chi connectivity index (χ0v) is 14.3. The second-order valence-electron chi connectivity index (χ2n) is 6.08. The van der Waals surface area contributed by atoms with Crippen molar-refractivity contribution in [3.8, 4) is 11.5 Å². The first-order chi connectivity index (χ1) is 12.6. The van der Waals surface area contributed by atoms with E-state index in [0.717, 1.165) is 0 Å². The molecule has 0 atom stereocenters. The highest BCUT2D eigenvalue weighted by Crippen LogP contribution is 2.20. The van der Waals surface area contributed by atoms with Gasteiger partial charge in [0.25, 0.3) is 11.8 Å². The van der Waals surface area contributed by atoms with Crippen LogP contribution in [0.3, 0.4) is 0 Å². The van der Waals surface area contributed by atoms with E-state index in [4.69, 9.17) is 8.83 Å². The Hall–Kier alpha value is -3.29. The lowest BCUT2D eigenvalue weighted by atomic mass is 10.2. The lowest BCUT2D eigenvalue weighted by Gasteiger charge is -2.34. The van der Waals surface area contributed by atoms with E-state index in [2.05, 4.69) is 5.10 Å². The molecule has 0 radical (unpaired) electrons. The fourth-order valence-corrected chi connectivity index (χ4v) is 3.04. The van der Waals surface area contributed by atoms with Gasteiger partial charge in [-0.3, -0.25) is 14.3 Å². The summed E-state index contributed by atoms with van der Waals surface area (Å²) in [6.07, 6.45) is 3.05. The first kappa shape index (κ1) is 16.2. The van der Waals surface area contributed by atoms with Gasteiger partial charge in [-0.1, -0.05) is 0 Å². The van der Waals surface area contributed by atoms with Gasteiger partial charge in [0.05, 0.1) is 12.5 Å². The first-order valence-corrected chi connectivity index (χ1v) is 8.33. The van der Waals surface area contributed by atoms with Crippen molar-refractivity contribution in [1.29, 1.82) is 0 Å². The van der Waals surface area contributed by atoms with Crippen LogP contribution < -0.4 is 0 Å². The molecule has 26 heavy (non-hydrogen) atoms. The van der Waals surface area contributed by atoms with E-state index in [-0.39, 0.29) is 11.8 Å². The van der Waals surface area contributed by atoms with E-state index >= 15 is 0 Å². The summed E-state index contributed by atoms with van der Waals surface area (Å²) in [6, 6.07) is 8.63. The van der Waals surface area contributed by atoms with E-state index in [1.165, 1.54) is 6.26 Å². The Labute approximate surface area is 149 Å². The number of piperazine rings is 1. The maximum absolute atomic E-state index is 12.8. The van der Waals surface area contributed by atoms with E-state index in [9.17, 15) is 9.59 Å². The van der Waals surface area contributed by atoms with Crippen LogP contribution >= 0.6 is 0 Å². The summed E-state index contributed by atoms with van der Waals surface area (Å²) in [5.41, 5.74) is 1.11. The number of carbonyl (C=O) groups is 2. The molecule has 1 aliphatic heterocycles. The molecule has 1 fully saturated rings. The van der Waals surface area contributed by atoms with E-state index in [1.54, 1.807) is 58.1 Å². The quantitative estimate of drug-likeness (QED) is 0.717. The monoisotopic (exact) mass is 354 g/mol. The number of aryl methyl sites for hydroxylation is 1. The number of rotatable bonds is 3. The van der Waals surface area contributed by atoms with Crippen molar-refractivity contribution >= 4 is 11.8 Å². The Kier molecular flexibility index (Phi) is 4.08. The molecule has 4 rings (SSSR count). The Bertz CT molecular complexity index is 903. The van der Waals surface area contributed by atoms with Crippen LogP contribution in [0.4, 0.5) is 0 Å². The minimum atomic E-state index is -0.150. The minimum Gasteiger partial charge on any atom is -0.463 e. The van der Waals surface area contributed by atoms with E-state index in [1.807, 2.05) is 0 Å². The third-order valence-electron chi connectivity index (χ3n) is 4.46. The highest BCUT2D eigenvalue weighted by molar-refractivity contribution is 5.94. The largest absolute Gasteiger partial charge is 0.463 e. The molecule has 8 nitrogen and oxygen atoms in total. The molecule has 3 aromatic heterocycles. The molecule has 134 valence electrons. The molecule has 3 aromatic rings. The van der Waals surface area contributed by atoms with Gasteiger partial charge in [-0.15, -0.1) is 0 Å². The molecule has 0 N–H and O–H groups in total. The van der Waals surface area contributed by atoms with Gasteiger partial charge in [-0.05, 0) is 24.3 Å². The molecule has 0 unspecified atom stereocenters. The number of aromatic nitrogens is 2. The lowest BCUT2D eigenvalue weighted by molar-refractivity contribution is 0.0512. The van der Waals surface area contributed by atoms with Crippen molar-refractivity contribution in [3.63, 3.8) is 0 Å². The van der Waals surface area contributed by atoms with Crippen molar-refractivity contribution in [3.05, 3.63) is 54.3 Å². The van der Waals surface area contributed by atoms with Gasteiger partial charge in [-0.25, -0.2) is 0 Å². The van der Waals surface area contributed by atoms with Gasteiger partial charge in [0.1, 0.15) is 11.4 Å². The summed E-state index contributed by atoms with van der Waals surface area (Å²) < 4.78 is 12.0. The van der Waals surface area contributed by atoms with Crippen LogP contribution in [0.15, 0.2) is 51.7 Å². The van der Waals surface area contributed by atoms with Crippen LogP contribution in [-0.2, 0) is 7.05 Å².